The van der Waals surface area contributed by atoms with Crippen LogP contribution in [-0.2, 0) is 12.8 Å². The minimum Gasteiger partial charge on any atom is -0.395 e. The number of anilines is 1. The summed E-state index contributed by atoms with van der Waals surface area (Å²) in [6, 6.07) is 3.98. The van der Waals surface area contributed by atoms with E-state index in [0.29, 0.717) is 0 Å². The molecule has 1 fully saturated rings. The Morgan fingerprint density at radius 1 is 1.21 bits per heavy atom. The van der Waals surface area contributed by atoms with E-state index < -0.39 is 0 Å². The fourth-order valence-corrected chi connectivity index (χ4v) is 5.88. The van der Waals surface area contributed by atoms with Crippen molar-refractivity contribution in [3.8, 4) is 11.4 Å². The summed E-state index contributed by atoms with van der Waals surface area (Å²) in [7, 11) is 0. The highest BCUT2D eigenvalue weighted by molar-refractivity contribution is 7.19. The van der Waals surface area contributed by atoms with E-state index >= 15 is 0 Å². The maximum atomic E-state index is 9.25. The van der Waals surface area contributed by atoms with Crippen molar-refractivity contribution in [3.63, 3.8) is 0 Å². The predicted octanol–water partition coefficient (Wildman–Crippen LogP) is 2.99. The third-order valence-corrected chi connectivity index (χ3v) is 7.29. The Morgan fingerprint density at radius 3 is 2.83 bits per heavy atom. The monoisotopic (exact) mass is 409 g/mol. The lowest BCUT2D eigenvalue weighted by Gasteiger charge is -2.35. The third-order valence-electron chi connectivity index (χ3n) is 6.14. The standard InChI is InChI=1S/C22H27N5OS/c1-15-4-5-17-18(13-15)29-22-19(17)21(27-9-7-26(8-10-27)11-12-28)24-20(25-22)16-3-2-6-23-14-16/h2-3,6,14-15,28H,4-5,7-13H2,1H3/t15-/m0/s1. The van der Waals surface area contributed by atoms with Crippen LogP contribution in [0.5, 0.6) is 0 Å². The van der Waals surface area contributed by atoms with Gasteiger partial charge in [-0.05, 0) is 42.9 Å². The predicted molar refractivity (Wildman–Crippen MR) is 118 cm³/mol. The van der Waals surface area contributed by atoms with Gasteiger partial charge in [0, 0.05) is 55.6 Å². The van der Waals surface area contributed by atoms with Gasteiger partial charge in [0.05, 0.1) is 12.0 Å². The molecule has 1 N–H and O–H groups in total. The number of rotatable bonds is 4. The molecule has 152 valence electrons. The molecular formula is C22H27N5OS. The molecule has 5 rings (SSSR count). The van der Waals surface area contributed by atoms with E-state index in [-0.39, 0.29) is 6.61 Å². The van der Waals surface area contributed by atoms with Crippen LogP contribution in [0.2, 0.25) is 0 Å². The minimum absolute atomic E-state index is 0.221. The van der Waals surface area contributed by atoms with Crippen LogP contribution in [-0.4, -0.2) is 64.3 Å². The molecule has 2 aliphatic rings. The van der Waals surface area contributed by atoms with Gasteiger partial charge in [-0.1, -0.05) is 6.92 Å². The molecule has 0 unspecified atom stereocenters. The summed E-state index contributed by atoms with van der Waals surface area (Å²) in [5, 5.41) is 10.5. The SMILES string of the molecule is C[C@H]1CCc2c(sc3nc(-c4cccnc4)nc(N4CCN(CCO)CC4)c23)C1. The normalized spacial score (nSPS) is 20.2. The van der Waals surface area contributed by atoms with Crippen LogP contribution < -0.4 is 4.90 Å². The van der Waals surface area contributed by atoms with Gasteiger partial charge in [-0.15, -0.1) is 11.3 Å². The highest BCUT2D eigenvalue weighted by atomic mass is 32.1. The Morgan fingerprint density at radius 2 is 2.07 bits per heavy atom. The molecule has 0 spiro atoms. The van der Waals surface area contributed by atoms with Crippen molar-refractivity contribution in [2.75, 3.05) is 44.2 Å². The Hall–Kier alpha value is -2.09. The maximum absolute atomic E-state index is 9.25. The number of aromatic nitrogens is 3. The second-order valence-corrected chi connectivity index (χ2v) is 9.28. The fraction of sp³-hybridized carbons (Fsp3) is 0.500. The van der Waals surface area contributed by atoms with Gasteiger partial charge in [-0.2, -0.15) is 0 Å². The third kappa shape index (κ3) is 3.63. The number of pyridine rings is 1. The number of β-amino-alcohol motifs (C(OH)–C–C–N with tert-alkyl or cyclic N) is 1. The lowest BCUT2D eigenvalue weighted by molar-refractivity contribution is 0.188. The van der Waals surface area contributed by atoms with Crippen molar-refractivity contribution in [1.29, 1.82) is 0 Å². The molecule has 3 aromatic heterocycles. The summed E-state index contributed by atoms with van der Waals surface area (Å²) in [6.07, 6.45) is 7.16. The average molecular weight is 410 g/mol. The molecule has 0 saturated carbocycles. The minimum atomic E-state index is 0.221. The number of thiophene rings is 1. The number of hydrogen-bond donors (Lipinski definition) is 1. The summed E-state index contributed by atoms with van der Waals surface area (Å²) in [5.41, 5.74) is 2.45. The molecule has 7 heteroatoms. The van der Waals surface area contributed by atoms with E-state index in [1.165, 1.54) is 22.2 Å². The van der Waals surface area contributed by atoms with Crippen LogP contribution in [0, 0.1) is 5.92 Å². The van der Waals surface area contributed by atoms with Crippen molar-refractivity contribution in [3.05, 3.63) is 35.0 Å². The van der Waals surface area contributed by atoms with Crippen LogP contribution in [0.1, 0.15) is 23.8 Å². The van der Waals surface area contributed by atoms with Crippen molar-refractivity contribution in [2.24, 2.45) is 5.92 Å². The van der Waals surface area contributed by atoms with E-state index in [0.717, 1.165) is 73.5 Å². The smallest absolute Gasteiger partial charge is 0.164 e. The van der Waals surface area contributed by atoms with Crippen LogP contribution in [0.3, 0.4) is 0 Å². The topological polar surface area (TPSA) is 65.4 Å². The van der Waals surface area contributed by atoms with Gasteiger partial charge in [0.2, 0.25) is 0 Å². The quantitative estimate of drug-likeness (QED) is 0.715. The second kappa shape index (κ2) is 7.97. The van der Waals surface area contributed by atoms with Gasteiger partial charge < -0.3 is 10.0 Å². The van der Waals surface area contributed by atoms with Gasteiger partial charge in [-0.3, -0.25) is 9.88 Å². The van der Waals surface area contributed by atoms with Crippen molar-refractivity contribution in [2.45, 2.75) is 26.2 Å². The number of hydrogen-bond acceptors (Lipinski definition) is 7. The molecule has 0 bridgehead atoms. The number of aryl methyl sites for hydroxylation is 1. The molecule has 1 atom stereocenters. The summed E-state index contributed by atoms with van der Waals surface area (Å²) in [6.45, 7) is 7.09. The van der Waals surface area contributed by atoms with E-state index in [4.69, 9.17) is 9.97 Å². The first-order valence-electron chi connectivity index (χ1n) is 10.5. The molecule has 4 heterocycles. The molecule has 0 amide bonds. The first-order valence-corrected chi connectivity index (χ1v) is 11.4. The van der Waals surface area contributed by atoms with Gasteiger partial charge in [0.1, 0.15) is 10.6 Å². The zero-order chi connectivity index (χ0) is 19.8. The van der Waals surface area contributed by atoms with Crippen molar-refractivity contribution >= 4 is 27.4 Å². The van der Waals surface area contributed by atoms with Crippen LogP contribution in [0.25, 0.3) is 21.6 Å². The molecule has 0 aromatic carbocycles. The maximum Gasteiger partial charge on any atom is 0.164 e. The number of nitrogens with zero attached hydrogens (tertiary/aromatic N) is 5. The van der Waals surface area contributed by atoms with E-state index in [9.17, 15) is 5.11 Å². The Balaban J connectivity index is 1.60. The first kappa shape index (κ1) is 18.9. The van der Waals surface area contributed by atoms with Gasteiger partial charge in [0.25, 0.3) is 0 Å². The summed E-state index contributed by atoms with van der Waals surface area (Å²) in [5.74, 6) is 2.60. The lowest BCUT2D eigenvalue weighted by atomic mass is 9.89. The molecule has 29 heavy (non-hydrogen) atoms. The summed E-state index contributed by atoms with van der Waals surface area (Å²) < 4.78 is 0. The average Bonchev–Trinajstić information content (AvgIpc) is 3.12. The van der Waals surface area contributed by atoms with E-state index in [2.05, 4.69) is 21.7 Å². The van der Waals surface area contributed by atoms with E-state index in [1.54, 1.807) is 6.20 Å². The summed E-state index contributed by atoms with van der Waals surface area (Å²) >= 11 is 1.86. The highest BCUT2D eigenvalue weighted by Crippen LogP contribution is 2.42. The molecule has 6 nitrogen and oxygen atoms in total. The second-order valence-electron chi connectivity index (χ2n) is 8.20. The Bertz CT molecular complexity index is 997. The zero-order valence-electron chi connectivity index (χ0n) is 16.8. The van der Waals surface area contributed by atoms with Gasteiger partial charge in [0.15, 0.2) is 5.82 Å². The zero-order valence-corrected chi connectivity index (χ0v) is 17.7. The fourth-order valence-electron chi connectivity index (χ4n) is 4.50. The van der Waals surface area contributed by atoms with E-state index in [1.807, 2.05) is 29.7 Å². The molecule has 1 aliphatic heterocycles. The van der Waals surface area contributed by atoms with Crippen LogP contribution >= 0.6 is 11.3 Å². The largest absolute Gasteiger partial charge is 0.395 e. The number of aliphatic hydroxyl groups excluding tert-OH is 1. The molecular weight excluding hydrogens is 382 g/mol. The molecule has 3 aromatic rings. The van der Waals surface area contributed by atoms with Crippen molar-refractivity contribution < 1.29 is 5.11 Å². The first-order chi connectivity index (χ1) is 14.2. The van der Waals surface area contributed by atoms with Crippen LogP contribution in [0.15, 0.2) is 24.5 Å². The van der Waals surface area contributed by atoms with Gasteiger partial charge in [-0.25, -0.2) is 9.97 Å². The molecule has 0 radical (unpaired) electrons. The van der Waals surface area contributed by atoms with Crippen LogP contribution in [0.4, 0.5) is 5.82 Å². The Labute approximate surface area is 175 Å². The number of fused-ring (bicyclic) bond motifs is 3. The van der Waals surface area contributed by atoms with Crippen molar-refractivity contribution in [1.82, 2.24) is 19.9 Å². The number of aliphatic hydroxyl groups is 1. The Kier molecular flexibility index (Phi) is 5.20. The highest BCUT2D eigenvalue weighted by Gasteiger charge is 2.27. The summed E-state index contributed by atoms with van der Waals surface area (Å²) in [4.78, 5) is 21.7. The number of piperazine rings is 1. The van der Waals surface area contributed by atoms with Gasteiger partial charge >= 0.3 is 0 Å². The molecule has 1 saturated heterocycles. The lowest BCUT2D eigenvalue weighted by Crippen LogP contribution is -2.47. The molecule has 1 aliphatic carbocycles.